The van der Waals surface area contributed by atoms with Gasteiger partial charge >= 0.3 is 0 Å². The fourth-order valence-electron chi connectivity index (χ4n) is 4.93. The van der Waals surface area contributed by atoms with Gasteiger partial charge in [-0.1, -0.05) is 92.4 Å². The normalized spacial score (nSPS) is 18.0. The van der Waals surface area contributed by atoms with Crippen molar-refractivity contribution in [2.45, 2.75) is 131 Å². The molecule has 3 atom stereocenters. The molecule has 34 heavy (non-hydrogen) atoms. The molecule has 0 saturated carbocycles. The molecule has 0 aromatic carbocycles. The van der Waals surface area contributed by atoms with Gasteiger partial charge in [-0.05, 0) is 50.4 Å². The Hall–Kier alpha value is -1.73. The lowest BCUT2D eigenvalue weighted by atomic mass is 9.82. The van der Waals surface area contributed by atoms with Gasteiger partial charge in [-0.25, -0.2) is 0 Å². The molecule has 0 aromatic rings. The van der Waals surface area contributed by atoms with Crippen LogP contribution in [-0.2, 0) is 9.59 Å². The molecule has 0 fully saturated rings. The molecule has 4 nitrogen and oxygen atoms in total. The number of aliphatic hydroxyl groups is 1. The van der Waals surface area contributed by atoms with Gasteiger partial charge in [0, 0.05) is 17.2 Å². The van der Waals surface area contributed by atoms with E-state index in [1.165, 1.54) is 44.6 Å². The van der Waals surface area contributed by atoms with E-state index >= 15 is 0 Å². The van der Waals surface area contributed by atoms with Crippen LogP contribution in [-0.4, -0.2) is 22.3 Å². The third-order valence-electron chi connectivity index (χ3n) is 7.27. The van der Waals surface area contributed by atoms with E-state index in [9.17, 15) is 20.0 Å². The van der Waals surface area contributed by atoms with Crippen molar-refractivity contribution in [2.75, 3.05) is 0 Å². The highest BCUT2D eigenvalue weighted by Crippen LogP contribution is 2.30. The van der Waals surface area contributed by atoms with Gasteiger partial charge in [-0.15, -0.1) is 0 Å². The lowest BCUT2D eigenvalue weighted by molar-refractivity contribution is -0.116. The summed E-state index contributed by atoms with van der Waals surface area (Å²) >= 11 is 0. The fourth-order valence-corrected chi connectivity index (χ4v) is 4.93. The van der Waals surface area contributed by atoms with E-state index in [0.29, 0.717) is 42.7 Å². The minimum absolute atomic E-state index is 0.0810. The second-order valence-corrected chi connectivity index (χ2v) is 11.4. The van der Waals surface area contributed by atoms with Gasteiger partial charge in [0.2, 0.25) is 0 Å². The highest BCUT2D eigenvalue weighted by molar-refractivity contribution is 6.24. The lowest BCUT2D eigenvalue weighted by Gasteiger charge is -2.26. The Balaban J connectivity index is 2.42. The Labute approximate surface area is 208 Å². The Kier molecular flexibility index (Phi) is 13.6. The largest absolute Gasteiger partial charge is 0.390 e. The zero-order valence-electron chi connectivity index (χ0n) is 22.7. The predicted octanol–water partition coefficient (Wildman–Crippen LogP) is 7.66. The van der Waals surface area contributed by atoms with Crippen LogP contribution in [0.2, 0.25) is 0 Å². The van der Waals surface area contributed by atoms with Crippen LogP contribution in [0.4, 0.5) is 0 Å². The number of carbonyl (C=O) groups is 2. The highest BCUT2D eigenvalue weighted by atomic mass is 16.3. The quantitative estimate of drug-likeness (QED) is 0.221. The summed E-state index contributed by atoms with van der Waals surface area (Å²) in [6.45, 7) is 13.1. The zero-order chi connectivity index (χ0) is 25.7. The predicted molar refractivity (Wildman–Crippen MR) is 140 cm³/mol. The second kappa shape index (κ2) is 15.3. The first-order valence-corrected chi connectivity index (χ1v) is 13.7. The van der Waals surface area contributed by atoms with Crippen LogP contribution in [0.15, 0.2) is 22.8 Å². The minimum Gasteiger partial charge on any atom is -0.390 e. The van der Waals surface area contributed by atoms with Gasteiger partial charge in [0.25, 0.3) is 0 Å². The van der Waals surface area contributed by atoms with Crippen molar-refractivity contribution >= 4 is 11.6 Å². The average Bonchev–Trinajstić information content (AvgIpc) is 2.75. The fraction of sp³-hybridized carbons (Fsp3) is 0.767. The van der Waals surface area contributed by atoms with Crippen LogP contribution in [0.3, 0.4) is 0 Å². The number of ketones is 2. The van der Waals surface area contributed by atoms with E-state index in [0.717, 1.165) is 31.1 Å². The summed E-state index contributed by atoms with van der Waals surface area (Å²) in [6, 6.07) is 1.85. The Morgan fingerprint density at radius 1 is 0.882 bits per heavy atom. The average molecular weight is 472 g/mol. The van der Waals surface area contributed by atoms with E-state index in [-0.39, 0.29) is 17.1 Å². The molecule has 1 aliphatic rings. The SMILES string of the molecule is CCCC1=C(CC[C@](C)(O)CCC[C@H](C)CCC[C@H](C)CCCC(C)C)C(=O)C(C#N)=CC1=O. The summed E-state index contributed by atoms with van der Waals surface area (Å²) in [7, 11) is 0. The number of Topliss-reactive ketones (excluding diaryl/α,β-unsaturated/α-hetero) is 1. The first-order chi connectivity index (χ1) is 16.0. The smallest absolute Gasteiger partial charge is 0.200 e. The van der Waals surface area contributed by atoms with Crippen molar-refractivity contribution < 1.29 is 14.7 Å². The monoisotopic (exact) mass is 471 g/mol. The number of nitrogens with zero attached hydrogens (tertiary/aromatic N) is 1. The van der Waals surface area contributed by atoms with Crippen molar-refractivity contribution in [1.29, 1.82) is 5.26 Å². The van der Waals surface area contributed by atoms with Crippen LogP contribution in [0.1, 0.15) is 125 Å². The van der Waals surface area contributed by atoms with E-state index < -0.39 is 5.60 Å². The maximum Gasteiger partial charge on any atom is 0.200 e. The third kappa shape index (κ3) is 11.1. The minimum atomic E-state index is -0.883. The molecule has 0 aliphatic heterocycles. The van der Waals surface area contributed by atoms with Crippen molar-refractivity contribution in [3.63, 3.8) is 0 Å². The van der Waals surface area contributed by atoms with Crippen molar-refractivity contribution in [2.24, 2.45) is 17.8 Å². The van der Waals surface area contributed by atoms with Gasteiger partial charge in [0.05, 0.1) is 5.60 Å². The molecule has 0 bridgehead atoms. The van der Waals surface area contributed by atoms with Gasteiger partial charge < -0.3 is 5.11 Å². The Bertz CT molecular complexity index is 766. The molecule has 0 radical (unpaired) electrons. The Morgan fingerprint density at radius 3 is 1.97 bits per heavy atom. The van der Waals surface area contributed by atoms with E-state index in [4.69, 9.17) is 0 Å². The number of rotatable bonds is 17. The molecule has 4 heteroatoms. The molecule has 0 aromatic heterocycles. The highest BCUT2D eigenvalue weighted by Gasteiger charge is 2.30. The van der Waals surface area contributed by atoms with Crippen molar-refractivity contribution in [3.05, 3.63) is 22.8 Å². The summed E-state index contributed by atoms with van der Waals surface area (Å²) < 4.78 is 0. The molecule has 1 rings (SSSR count). The Morgan fingerprint density at radius 2 is 1.44 bits per heavy atom. The maximum absolute atomic E-state index is 12.7. The summed E-state index contributed by atoms with van der Waals surface area (Å²) in [4.78, 5) is 25.0. The zero-order valence-corrected chi connectivity index (χ0v) is 22.7. The van der Waals surface area contributed by atoms with E-state index in [1.807, 2.05) is 19.9 Å². The molecule has 0 saturated heterocycles. The summed E-state index contributed by atoms with van der Waals surface area (Å²) in [5.74, 6) is 1.70. The number of allylic oxidation sites excluding steroid dienone is 4. The lowest BCUT2D eigenvalue weighted by Crippen LogP contribution is -2.26. The summed E-state index contributed by atoms with van der Waals surface area (Å²) in [5, 5.41) is 20.1. The maximum atomic E-state index is 12.7. The number of nitriles is 1. The van der Waals surface area contributed by atoms with E-state index in [1.54, 1.807) is 0 Å². The van der Waals surface area contributed by atoms with Crippen molar-refractivity contribution in [1.82, 2.24) is 0 Å². The number of hydrogen-bond acceptors (Lipinski definition) is 4. The van der Waals surface area contributed by atoms with Crippen LogP contribution < -0.4 is 0 Å². The molecular weight excluding hydrogens is 422 g/mol. The topological polar surface area (TPSA) is 78.2 Å². The molecule has 192 valence electrons. The van der Waals surface area contributed by atoms with Gasteiger partial charge in [0.15, 0.2) is 11.6 Å². The van der Waals surface area contributed by atoms with Gasteiger partial charge in [-0.3, -0.25) is 9.59 Å². The van der Waals surface area contributed by atoms with Crippen LogP contribution >= 0.6 is 0 Å². The molecule has 0 unspecified atom stereocenters. The molecule has 0 spiro atoms. The third-order valence-corrected chi connectivity index (χ3v) is 7.27. The molecule has 1 N–H and O–H groups in total. The molecular formula is C30H49NO3. The second-order valence-electron chi connectivity index (χ2n) is 11.4. The van der Waals surface area contributed by atoms with Gasteiger partial charge in [0.1, 0.15) is 11.6 Å². The van der Waals surface area contributed by atoms with Crippen LogP contribution in [0.25, 0.3) is 0 Å². The van der Waals surface area contributed by atoms with E-state index in [2.05, 4.69) is 27.7 Å². The molecule has 1 aliphatic carbocycles. The summed E-state index contributed by atoms with van der Waals surface area (Å²) in [6.07, 6.45) is 13.8. The summed E-state index contributed by atoms with van der Waals surface area (Å²) in [5.41, 5.74) is -0.00862. The molecule has 0 heterocycles. The number of carbonyl (C=O) groups excluding carboxylic acids is 2. The first-order valence-electron chi connectivity index (χ1n) is 13.7. The number of hydrogen-bond donors (Lipinski definition) is 1. The van der Waals surface area contributed by atoms with Gasteiger partial charge in [-0.2, -0.15) is 5.26 Å². The standard InChI is InChI=1S/C30H49NO3/c1-7-11-26-27(29(33)25(21-31)20-28(26)32)17-19-30(6,34)18-10-16-24(5)15-9-14-23(4)13-8-12-22(2)3/h20,22-24,34H,7-19H2,1-6H3/t23-,24-,30-/m1/s1. The first kappa shape index (κ1) is 30.3. The van der Waals surface area contributed by atoms with Crippen molar-refractivity contribution in [3.8, 4) is 6.07 Å². The van der Waals surface area contributed by atoms with Crippen LogP contribution in [0.5, 0.6) is 0 Å². The van der Waals surface area contributed by atoms with Crippen LogP contribution in [0, 0.1) is 29.1 Å². The molecule has 0 amide bonds.